The Morgan fingerprint density at radius 1 is 1.12 bits per heavy atom. The first-order valence-electron chi connectivity index (χ1n) is 5.41. The van der Waals surface area contributed by atoms with Crippen LogP contribution in [-0.4, -0.2) is 7.11 Å². The van der Waals surface area contributed by atoms with Crippen molar-refractivity contribution in [1.29, 1.82) is 0 Å². The first-order chi connectivity index (χ1) is 8.29. The Kier molecular flexibility index (Phi) is 3.60. The number of methoxy groups -OCH3 is 1. The summed E-state index contributed by atoms with van der Waals surface area (Å²) >= 11 is 0. The lowest BCUT2D eigenvalue weighted by molar-refractivity contribution is 0.386. The third-order valence-corrected chi connectivity index (χ3v) is 2.49. The van der Waals surface area contributed by atoms with Crippen molar-refractivity contribution in [3.05, 3.63) is 59.9 Å². The minimum atomic E-state index is -0.356. The smallest absolute Gasteiger partial charge is 0.167 e. The van der Waals surface area contributed by atoms with Gasteiger partial charge >= 0.3 is 0 Å². The standard InChI is InChI=1S/C14H14FNO/c1-17-14-8-7-12(9-13(14)15)16-10-11-5-3-2-4-6-11/h2-9,16H,10H2,1H3. The number of ether oxygens (including phenoxy) is 1. The molecule has 2 nitrogen and oxygen atoms in total. The zero-order valence-electron chi connectivity index (χ0n) is 9.61. The molecule has 0 aliphatic carbocycles. The fraction of sp³-hybridized carbons (Fsp3) is 0.143. The average molecular weight is 231 g/mol. The predicted octanol–water partition coefficient (Wildman–Crippen LogP) is 3.45. The lowest BCUT2D eigenvalue weighted by Gasteiger charge is -2.08. The molecule has 0 unspecified atom stereocenters. The summed E-state index contributed by atoms with van der Waals surface area (Å²) in [6.45, 7) is 0.673. The number of rotatable bonds is 4. The molecule has 3 heteroatoms. The normalized spacial score (nSPS) is 10.0. The Labute approximate surface area is 100 Å². The van der Waals surface area contributed by atoms with E-state index in [0.29, 0.717) is 6.54 Å². The molecule has 2 rings (SSSR count). The van der Waals surface area contributed by atoms with Crippen LogP contribution in [0.3, 0.4) is 0 Å². The summed E-state index contributed by atoms with van der Waals surface area (Å²) in [6, 6.07) is 14.8. The van der Waals surface area contributed by atoms with Crippen LogP contribution >= 0.6 is 0 Å². The summed E-state index contributed by atoms with van der Waals surface area (Å²) in [5.74, 6) is -0.0965. The van der Waals surface area contributed by atoms with Gasteiger partial charge in [-0.15, -0.1) is 0 Å². The highest BCUT2D eigenvalue weighted by Gasteiger charge is 2.02. The van der Waals surface area contributed by atoms with E-state index in [4.69, 9.17) is 4.74 Å². The highest BCUT2D eigenvalue weighted by atomic mass is 19.1. The van der Waals surface area contributed by atoms with Crippen molar-refractivity contribution >= 4 is 5.69 Å². The van der Waals surface area contributed by atoms with Crippen LogP contribution in [0.15, 0.2) is 48.5 Å². The van der Waals surface area contributed by atoms with E-state index in [9.17, 15) is 4.39 Å². The number of anilines is 1. The number of hydrogen-bond acceptors (Lipinski definition) is 2. The molecule has 0 heterocycles. The van der Waals surface area contributed by atoms with Gasteiger partial charge in [-0.2, -0.15) is 0 Å². The molecule has 2 aromatic carbocycles. The van der Waals surface area contributed by atoms with E-state index >= 15 is 0 Å². The molecule has 88 valence electrons. The van der Waals surface area contributed by atoms with Crippen LogP contribution in [-0.2, 0) is 6.54 Å². The van der Waals surface area contributed by atoms with Crippen LogP contribution in [0.2, 0.25) is 0 Å². The third-order valence-electron chi connectivity index (χ3n) is 2.49. The molecule has 0 aliphatic heterocycles. The minimum absolute atomic E-state index is 0.260. The molecule has 0 saturated carbocycles. The van der Waals surface area contributed by atoms with Gasteiger partial charge in [-0.05, 0) is 17.7 Å². The Bertz CT molecular complexity index is 485. The Hall–Kier alpha value is -2.03. The largest absolute Gasteiger partial charge is 0.494 e. The van der Waals surface area contributed by atoms with Gasteiger partial charge in [-0.25, -0.2) is 4.39 Å². The lowest BCUT2D eigenvalue weighted by atomic mass is 10.2. The quantitative estimate of drug-likeness (QED) is 0.870. The van der Waals surface area contributed by atoms with Crippen LogP contribution in [0.5, 0.6) is 5.75 Å². The molecule has 0 radical (unpaired) electrons. The van der Waals surface area contributed by atoms with E-state index in [1.165, 1.54) is 13.2 Å². The first-order valence-corrected chi connectivity index (χ1v) is 5.41. The molecule has 0 aromatic heterocycles. The van der Waals surface area contributed by atoms with Gasteiger partial charge in [-0.1, -0.05) is 30.3 Å². The van der Waals surface area contributed by atoms with Gasteiger partial charge in [0.2, 0.25) is 0 Å². The van der Waals surface area contributed by atoms with Gasteiger partial charge < -0.3 is 10.1 Å². The Morgan fingerprint density at radius 2 is 1.88 bits per heavy atom. The van der Waals surface area contributed by atoms with Crippen molar-refractivity contribution in [2.75, 3.05) is 12.4 Å². The highest BCUT2D eigenvalue weighted by molar-refractivity contribution is 5.47. The van der Waals surface area contributed by atoms with Gasteiger partial charge in [0.1, 0.15) is 0 Å². The average Bonchev–Trinajstić information content (AvgIpc) is 2.38. The number of halogens is 1. The van der Waals surface area contributed by atoms with Crippen molar-refractivity contribution in [1.82, 2.24) is 0 Å². The summed E-state index contributed by atoms with van der Waals surface area (Å²) in [5.41, 5.74) is 1.90. The molecule has 0 fully saturated rings. The molecule has 0 saturated heterocycles. The molecular formula is C14H14FNO. The summed E-state index contributed by atoms with van der Waals surface area (Å²) in [5, 5.41) is 3.16. The molecule has 0 aliphatic rings. The van der Waals surface area contributed by atoms with E-state index in [2.05, 4.69) is 5.32 Å². The van der Waals surface area contributed by atoms with Crippen LogP contribution in [0.1, 0.15) is 5.56 Å². The number of benzene rings is 2. The zero-order chi connectivity index (χ0) is 12.1. The molecule has 2 aromatic rings. The van der Waals surface area contributed by atoms with E-state index in [-0.39, 0.29) is 11.6 Å². The predicted molar refractivity (Wildman–Crippen MR) is 66.7 cm³/mol. The van der Waals surface area contributed by atoms with E-state index < -0.39 is 0 Å². The van der Waals surface area contributed by atoms with Crippen molar-refractivity contribution in [3.63, 3.8) is 0 Å². The maximum atomic E-state index is 13.4. The summed E-state index contributed by atoms with van der Waals surface area (Å²) in [4.78, 5) is 0. The molecule has 0 spiro atoms. The lowest BCUT2D eigenvalue weighted by Crippen LogP contribution is -1.99. The number of hydrogen-bond donors (Lipinski definition) is 1. The Morgan fingerprint density at radius 3 is 2.53 bits per heavy atom. The van der Waals surface area contributed by atoms with Crippen molar-refractivity contribution in [2.45, 2.75) is 6.54 Å². The van der Waals surface area contributed by atoms with Crippen LogP contribution in [0.4, 0.5) is 10.1 Å². The monoisotopic (exact) mass is 231 g/mol. The fourth-order valence-corrected chi connectivity index (χ4v) is 1.58. The first kappa shape index (κ1) is 11.5. The molecule has 0 bridgehead atoms. The van der Waals surface area contributed by atoms with Gasteiger partial charge in [0, 0.05) is 18.3 Å². The molecular weight excluding hydrogens is 217 g/mol. The minimum Gasteiger partial charge on any atom is -0.494 e. The fourth-order valence-electron chi connectivity index (χ4n) is 1.58. The third kappa shape index (κ3) is 2.97. The second-order valence-corrected chi connectivity index (χ2v) is 3.69. The molecule has 17 heavy (non-hydrogen) atoms. The molecule has 1 N–H and O–H groups in total. The topological polar surface area (TPSA) is 21.3 Å². The van der Waals surface area contributed by atoms with Gasteiger partial charge in [0.25, 0.3) is 0 Å². The van der Waals surface area contributed by atoms with Crippen LogP contribution < -0.4 is 10.1 Å². The molecule has 0 amide bonds. The van der Waals surface area contributed by atoms with Gasteiger partial charge in [0.05, 0.1) is 7.11 Å². The van der Waals surface area contributed by atoms with Crippen LogP contribution in [0, 0.1) is 5.82 Å². The summed E-state index contributed by atoms with van der Waals surface area (Å²) < 4.78 is 18.3. The van der Waals surface area contributed by atoms with E-state index in [1.54, 1.807) is 12.1 Å². The SMILES string of the molecule is COc1ccc(NCc2ccccc2)cc1F. The summed E-state index contributed by atoms with van der Waals surface area (Å²) in [7, 11) is 1.45. The highest BCUT2D eigenvalue weighted by Crippen LogP contribution is 2.20. The summed E-state index contributed by atoms with van der Waals surface area (Å²) in [6.07, 6.45) is 0. The number of nitrogens with one attached hydrogen (secondary N) is 1. The van der Waals surface area contributed by atoms with Gasteiger partial charge in [-0.3, -0.25) is 0 Å². The molecule has 0 atom stereocenters. The maximum Gasteiger partial charge on any atom is 0.167 e. The van der Waals surface area contributed by atoms with Crippen molar-refractivity contribution < 1.29 is 9.13 Å². The zero-order valence-corrected chi connectivity index (χ0v) is 9.61. The van der Waals surface area contributed by atoms with Gasteiger partial charge in [0.15, 0.2) is 11.6 Å². The van der Waals surface area contributed by atoms with Crippen molar-refractivity contribution in [2.24, 2.45) is 0 Å². The second kappa shape index (κ2) is 5.34. The Balaban J connectivity index is 2.02. The maximum absolute atomic E-state index is 13.4. The van der Waals surface area contributed by atoms with E-state index in [0.717, 1.165) is 11.3 Å². The van der Waals surface area contributed by atoms with Crippen LogP contribution in [0.25, 0.3) is 0 Å². The van der Waals surface area contributed by atoms with Crippen molar-refractivity contribution in [3.8, 4) is 5.75 Å². The second-order valence-electron chi connectivity index (χ2n) is 3.69. The van der Waals surface area contributed by atoms with E-state index in [1.807, 2.05) is 30.3 Å².